The maximum atomic E-state index is 13.6. The van der Waals surface area contributed by atoms with Crippen LogP contribution >= 0.6 is 11.6 Å². The lowest BCUT2D eigenvalue weighted by molar-refractivity contribution is 0.0950. The topological polar surface area (TPSA) is 70.1 Å². The van der Waals surface area contributed by atoms with E-state index in [0.717, 1.165) is 6.21 Å². The first-order chi connectivity index (χ1) is 12.0. The van der Waals surface area contributed by atoms with Crippen molar-refractivity contribution in [2.75, 3.05) is 0 Å². The first kappa shape index (κ1) is 16.8. The molecular formula is C17H11ClF2N4O. The van der Waals surface area contributed by atoms with Gasteiger partial charge in [-0.05, 0) is 42.5 Å². The molecule has 0 atom stereocenters. The van der Waals surface area contributed by atoms with Crippen molar-refractivity contribution in [3.63, 3.8) is 0 Å². The molecular weight excluding hydrogens is 350 g/mol. The summed E-state index contributed by atoms with van der Waals surface area (Å²) in [6.45, 7) is 0. The Morgan fingerprint density at radius 3 is 2.68 bits per heavy atom. The highest BCUT2D eigenvalue weighted by Crippen LogP contribution is 2.18. The average Bonchev–Trinajstić information content (AvgIpc) is 3.08. The van der Waals surface area contributed by atoms with Crippen molar-refractivity contribution in [1.82, 2.24) is 15.6 Å². The number of hydrogen-bond acceptors (Lipinski definition) is 3. The van der Waals surface area contributed by atoms with E-state index in [1.807, 2.05) is 0 Å². The number of aromatic nitrogens is 2. The summed E-state index contributed by atoms with van der Waals surface area (Å²) in [4.78, 5) is 12.0. The molecule has 0 fully saturated rings. The highest BCUT2D eigenvalue weighted by Gasteiger charge is 2.11. The second-order valence-electron chi connectivity index (χ2n) is 5.01. The third-order valence-electron chi connectivity index (χ3n) is 3.32. The third kappa shape index (κ3) is 3.89. The molecule has 8 heteroatoms. The van der Waals surface area contributed by atoms with Crippen molar-refractivity contribution in [3.8, 4) is 11.3 Å². The summed E-state index contributed by atoms with van der Waals surface area (Å²) in [7, 11) is 0. The summed E-state index contributed by atoms with van der Waals surface area (Å²) in [6, 6.07) is 11.4. The Kier molecular flexibility index (Phi) is 4.85. The Labute approximate surface area is 146 Å². The summed E-state index contributed by atoms with van der Waals surface area (Å²) < 4.78 is 26.5. The van der Waals surface area contributed by atoms with Crippen molar-refractivity contribution < 1.29 is 13.6 Å². The van der Waals surface area contributed by atoms with Crippen LogP contribution in [0.4, 0.5) is 8.78 Å². The number of nitrogens with zero attached hydrogens (tertiary/aromatic N) is 2. The normalized spacial score (nSPS) is 11.0. The number of hydrogen-bond donors (Lipinski definition) is 2. The zero-order valence-electron chi connectivity index (χ0n) is 12.6. The Hall–Kier alpha value is -3.06. The van der Waals surface area contributed by atoms with Crippen LogP contribution in [0.1, 0.15) is 16.1 Å². The second kappa shape index (κ2) is 7.23. The Morgan fingerprint density at radius 1 is 1.20 bits per heavy atom. The number of benzene rings is 2. The van der Waals surface area contributed by atoms with E-state index in [1.165, 1.54) is 36.4 Å². The Bertz CT molecular complexity index is 918. The van der Waals surface area contributed by atoms with E-state index >= 15 is 0 Å². The number of amides is 1. The summed E-state index contributed by atoms with van der Waals surface area (Å²) in [5.74, 6) is -1.48. The molecule has 3 rings (SSSR count). The molecule has 0 aliphatic heterocycles. The van der Waals surface area contributed by atoms with Crippen LogP contribution in [-0.2, 0) is 0 Å². The van der Waals surface area contributed by atoms with Gasteiger partial charge in [0, 0.05) is 11.1 Å². The highest BCUT2D eigenvalue weighted by atomic mass is 35.5. The molecule has 0 radical (unpaired) electrons. The molecule has 126 valence electrons. The van der Waals surface area contributed by atoms with E-state index in [2.05, 4.69) is 20.7 Å². The van der Waals surface area contributed by atoms with Crippen LogP contribution in [0.25, 0.3) is 11.3 Å². The number of carbonyl (C=O) groups excluding carboxylic acids is 1. The lowest BCUT2D eigenvalue weighted by atomic mass is 10.1. The van der Waals surface area contributed by atoms with Gasteiger partial charge in [0.15, 0.2) is 0 Å². The number of rotatable bonds is 4. The first-order valence-corrected chi connectivity index (χ1v) is 7.51. The van der Waals surface area contributed by atoms with Crippen LogP contribution in [0.15, 0.2) is 53.6 Å². The fourth-order valence-electron chi connectivity index (χ4n) is 2.06. The van der Waals surface area contributed by atoms with Crippen LogP contribution in [0.5, 0.6) is 0 Å². The van der Waals surface area contributed by atoms with Gasteiger partial charge in [0.25, 0.3) is 5.91 Å². The van der Waals surface area contributed by atoms with Crippen LogP contribution in [-0.4, -0.2) is 22.3 Å². The Morgan fingerprint density at radius 2 is 1.96 bits per heavy atom. The van der Waals surface area contributed by atoms with E-state index in [4.69, 9.17) is 11.6 Å². The zero-order valence-corrected chi connectivity index (χ0v) is 13.4. The number of H-pyrrole nitrogens is 1. The van der Waals surface area contributed by atoms with Gasteiger partial charge in [0.05, 0.1) is 16.9 Å². The van der Waals surface area contributed by atoms with Gasteiger partial charge in [-0.15, -0.1) is 0 Å². The standard InChI is InChI=1S/C17H11ClF2N4O/c18-13-2-1-3-14(20)12(13)9-21-24-17(25)16-8-15(22-23-16)10-4-6-11(19)7-5-10/h1-9H,(H,22,23)(H,24,25)/b21-9-. The van der Waals surface area contributed by atoms with Gasteiger partial charge < -0.3 is 0 Å². The molecule has 0 saturated heterocycles. The van der Waals surface area contributed by atoms with Crippen molar-refractivity contribution in [3.05, 3.63) is 76.4 Å². The van der Waals surface area contributed by atoms with Crippen LogP contribution in [0.2, 0.25) is 5.02 Å². The molecule has 0 unspecified atom stereocenters. The van der Waals surface area contributed by atoms with E-state index < -0.39 is 11.7 Å². The monoisotopic (exact) mass is 360 g/mol. The van der Waals surface area contributed by atoms with Crippen molar-refractivity contribution in [2.45, 2.75) is 0 Å². The molecule has 0 aliphatic rings. The molecule has 0 spiro atoms. The van der Waals surface area contributed by atoms with Gasteiger partial charge in [-0.3, -0.25) is 9.89 Å². The second-order valence-corrected chi connectivity index (χ2v) is 5.42. The summed E-state index contributed by atoms with van der Waals surface area (Å²) in [6.07, 6.45) is 1.12. The molecule has 2 N–H and O–H groups in total. The molecule has 2 aromatic carbocycles. The van der Waals surface area contributed by atoms with Gasteiger partial charge in [-0.2, -0.15) is 10.2 Å². The third-order valence-corrected chi connectivity index (χ3v) is 3.65. The molecule has 1 amide bonds. The lowest BCUT2D eigenvalue weighted by Crippen LogP contribution is -2.18. The van der Waals surface area contributed by atoms with Crippen molar-refractivity contribution in [2.24, 2.45) is 5.10 Å². The largest absolute Gasteiger partial charge is 0.289 e. The van der Waals surface area contributed by atoms with E-state index in [9.17, 15) is 13.6 Å². The SMILES string of the molecule is O=C(N/N=C\c1c(F)cccc1Cl)c1cc(-c2ccc(F)cc2)n[nH]1. The van der Waals surface area contributed by atoms with E-state index in [-0.39, 0.29) is 22.1 Å². The predicted octanol–water partition coefficient (Wildman–Crippen LogP) is 3.77. The molecule has 3 aromatic rings. The molecule has 0 saturated carbocycles. The number of nitrogens with one attached hydrogen (secondary N) is 2. The average molecular weight is 361 g/mol. The predicted molar refractivity (Wildman–Crippen MR) is 90.5 cm³/mol. The fourth-order valence-corrected chi connectivity index (χ4v) is 2.27. The van der Waals surface area contributed by atoms with Crippen molar-refractivity contribution >= 4 is 23.7 Å². The molecule has 1 heterocycles. The maximum absolute atomic E-state index is 13.6. The quantitative estimate of drug-likeness (QED) is 0.549. The first-order valence-electron chi connectivity index (χ1n) is 7.13. The van der Waals surface area contributed by atoms with E-state index in [0.29, 0.717) is 11.3 Å². The number of halogens is 3. The van der Waals surface area contributed by atoms with Gasteiger partial charge in [-0.25, -0.2) is 14.2 Å². The maximum Gasteiger partial charge on any atom is 0.289 e. The minimum Gasteiger partial charge on any atom is -0.272 e. The van der Waals surface area contributed by atoms with Gasteiger partial charge in [0.1, 0.15) is 17.3 Å². The molecule has 25 heavy (non-hydrogen) atoms. The van der Waals surface area contributed by atoms with Gasteiger partial charge in [0.2, 0.25) is 0 Å². The summed E-state index contributed by atoms with van der Waals surface area (Å²) >= 11 is 5.86. The highest BCUT2D eigenvalue weighted by molar-refractivity contribution is 6.33. The molecule has 5 nitrogen and oxygen atoms in total. The van der Waals surface area contributed by atoms with E-state index in [1.54, 1.807) is 12.1 Å². The van der Waals surface area contributed by atoms with Crippen molar-refractivity contribution in [1.29, 1.82) is 0 Å². The summed E-state index contributed by atoms with van der Waals surface area (Å²) in [5, 5.41) is 10.4. The molecule has 0 aliphatic carbocycles. The van der Waals surface area contributed by atoms with Gasteiger partial charge >= 0.3 is 0 Å². The Balaban J connectivity index is 1.70. The van der Waals surface area contributed by atoms with Crippen LogP contribution in [0, 0.1) is 11.6 Å². The number of hydrazone groups is 1. The number of carbonyl (C=O) groups is 1. The molecule has 0 bridgehead atoms. The molecule has 1 aromatic heterocycles. The van der Waals surface area contributed by atoms with Gasteiger partial charge in [-0.1, -0.05) is 17.7 Å². The summed E-state index contributed by atoms with van der Waals surface area (Å²) in [5.41, 5.74) is 3.60. The van der Waals surface area contributed by atoms with Crippen LogP contribution in [0.3, 0.4) is 0 Å². The number of aromatic amines is 1. The van der Waals surface area contributed by atoms with Crippen LogP contribution < -0.4 is 5.43 Å². The lowest BCUT2D eigenvalue weighted by Gasteiger charge is -1.99. The minimum absolute atomic E-state index is 0.0704. The fraction of sp³-hybridized carbons (Fsp3) is 0. The smallest absolute Gasteiger partial charge is 0.272 e. The minimum atomic E-state index is -0.565. The zero-order chi connectivity index (χ0) is 17.8.